The van der Waals surface area contributed by atoms with Crippen molar-refractivity contribution >= 4 is 29.2 Å². The molecule has 0 saturated carbocycles. The molecule has 4 rings (SSSR count). The number of nitrogens with one attached hydrogen (secondary N) is 3. The summed E-state index contributed by atoms with van der Waals surface area (Å²) in [5.41, 5.74) is 1.47. The van der Waals surface area contributed by atoms with Crippen molar-refractivity contribution in [2.24, 2.45) is 0 Å². The average Bonchev–Trinajstić information content (AvgIpc) is 3.01. The topological polar surface area (TPSA) is 90.5 Å². The number of hydrogen-bond donors (Lipinski definition) is 3. The van der Waals surface area contributed by atoms with Crippen LogP contribution in [-0.4, -0.2) is 35.8 Å². The van der Waals surface area contributed by atoms with Gasteiger partial charge in [-0.2, -0.15) is 0 Å². The minimum absolute atomic E-state index is 0.114. The second-order valence-corrected chi connectivity index (χ2v) is 7.97. The Morgan fingerprint density at radius 1 is 1.03 bits per heavy atom. The third-order valence-electron chi connectivity index (χ3n) is 5.78. The maximum Gasteiger partial charge on any atom is 0.320 e. The number of nitrogens with zero attached hydrogens (tertiary/aromatic N) is 1. The standard InChI is InChI=1S/C23H26N4O3/c1-16-9-11-17(12-10-16)24-22(30)26-23(15-20(28)27-13-5-2-6-14-27)18-7-3-4-8-19(18)25-21(23)29/h3-4,7-12H,2,5-6,13-15H2,1H3,(H,25,29)(H2,24,26,30)/t23-/m0/s1. The van der Waals surface area contributed by atoms with Gasteiger partial charge in [0.1, 0.15) is 0 Å². The van der Waals surface area contributed by atoms with Gasteiger partial charge in [-0.25, -0.2) is 4.79 Å². The Balaban J connectivity index is 1.60. The van der Waals surface area contributed by atoms with Gasteiger partial charge >= 0.3 is 6.03 Å². The number of urea groups is 1. The number of benzene rings is 2. The first-order chi connectivity index (χ1) is 14.5. The molecule has 2 heterocycles. The molecule has 0 aliphatic carbocycles. The summed E-state index contributed by atoms with van der Waals surface area (Å²) in [4.78, 5) is 40.8. The predicted octanol–water partition coefficient (Wildman–Crippen LogP) is 3.37. The first-order valence-electron chi connectivity index (χ1n) is 10.3. The van der Waals surface area contributed by atoms with Crippen molar-refractivity contribution in [3.05, 3.63) is 59.7 Å². The molecule has 0 bridgehead atoms. The van der Waals surface area contributed by atoms with Crippen LogP contribution in [0.4, 0.5) is 16.2 Å². The molecule has 2 aromatic rings. The zero-order chi connectivity index (χ0) is 21.1. The van der Waals surface area contributed by atoms with Crippen molar-refractivity contribution in [2.45, 2.75) is 38.1 Å². The summed E-state index contributed by atoms with van der Waals surface area (Å²) in [5, 5.41) is 8.41. The van der Waals surface area contributed by atoms with Crippen molar-refractivity contribution < 1.29 is 14.4 Å². The molecule has 156 valence electrons. The van der Waals surface area contributed by atoms with Crippen LogP contribution in [0.25, 0.3) is 0 Å². The number of para-hydroxylation sites is 1. The molecule has 7 heteroatoms. The van der Waals surface area contributed by atoms with E-state index in [9.17, 15) is 14.4 Å². The van der Waals surface area contributed by atoms with Crippen LogP contribution in [0.5, 0.6) is 0 Å². The van der Waals surface area contributed by atoms with Crippen LogP contribution in [0.1, 0.15) is 36.8 Å². The van der Waals surface area contributed by atoms with Crippen molar-refractivity contribution in [1.29, 1.82) is 0 Å². The number of fused-ring (bicyclic) bond motifs is 1. The third-order valence-corrected chi connectivity index (χ3v) is 5.78. The molecule has 2 aliphatic rings. The zero-order valence-corrected chi connectivity index (χ0v) is 17.0. The first-order valence-corrected chi connectivity index (χ1v) is 10.3. The van der Waals surface area contributed by atoms with Crippen LogP contribution in [0.15, 0.2) is 48.5 Å². The van der Waals surface area contributed by atoms with Gasteiger partial charge in [0.05, 0.1) is 6.42 Å². The fraction of sp³-hybridized carbons (Fsp3) is 0.348. The van der Waals surface area contributed by atoms with Gasteiger partial charge in [0, 0.05) is 30.0 Å². The minimum Gasteiger partial charge on any atom is -0.343 e. The van der Waals surface area contributed by atoms with Gasteiger partial charge in [0.2, 0.25) is 5.91 Å². The van der Waals surface area contributed by atoms with E-state index in [1.165, 1.54) is 0 Å². The maximum absolute atomic E-state index is 13.1. The summed E-state index contributed by atoms with van der Waals surface area (Å²) in [5.74, 6) is -0.523. The smallest absolute Gasteiger partial charge is 0.320 e. The highest BCUT2D eigenvalue weighted by molar-refractivity contribution is 6.10. The summed E-state index contributed by atoms with van der Waals surface area (Å²) in [6, 6.07) is 14.0. The number of carbonyl (C=O) groups excluding carboxylic acids is 3. The quantitative estimate of drug-likeness (QED) is 0.727. The number of piperidine rings is 1. The van der Waals surface area contributed by atoms with Gasteiger partial charge < -0.3 is 20.9 Å². The van der Waals surface area contributed by atoms with Gasteiger partial charge in [0.25, 0.3) is 5.91 Å². The summed E-state index contributed by atoms with van der Waals surface area (Å²) in [6.07, 6.45) is 2.92. The van der Waals surface area contributed by atoms with Gasteiger partial charge in [-0.3, -0.25) is 9.59 Å². The van der Waals surface area contributed by atoms with E-state index in [1.54, 1.807) is 35.2 Å². The number of carbonyl (C=O) groups is 3. The van der Waals surface area contributed by atoms with Crippen LogP contribution in [0.3, 0.4) is 0 Å². The number of aryl methyl sites for hydroxylation is 1. The van der Waals surface area contributed by atoms with E-state index in [0.717, 1.165) is 24.8 Å². The molecular weight excluding hydrogens is 380 g/mol. The molecule has 0 unspecified atom stereocenters. The fourth-order valence-electron chi connectivity index (χ4n) is 4.13. The molecule has 0 spiro atoms. The molecule has 4 amide bonds. The average molecular weight is 406 g/mol. The fourth-order valence-corrected chi connectivity index (χ4v) is 4.13. The zero-order valence-electron chi connectivity index (χ0n) is 17.0. The van der Waals surface area contributed by atoms with E-state index in [2.05, 4.69) is 16.0 Å². The van der Waals surface area contributed by atoms with E-state index in [-0.39, 0.29) is 12.3 Å². The van der Waals surface area contributed by atoms with E-state index >= 15 is 0 Å². The van der Waals surface area contributed by atoms with Crippen molar-refractivity contribution in [2.75, 3.05) is 23.7 Å². The molecule has 2 aliphatic heterocycles. The lowest BCUT2D eigenvalue weighted by molar-refractivity contribution is -0.137. The van der Waals surface area contributed by atoms with Gasteiger partial charge in [-0.15, -0.1) is 0 Å². The van der Waals surface area contributed by atoms with E-state index in [0.29, 0.717) is 30.0 Å². The van der Waals surface area contributed by atoms with Crippen molar-refractivity contribution in [3.8, 4) is 0 Å². The molecule has 30 heavy (non-hydrogen) atoms. The highest BCUT2D eigenvalue weighted by Gasteiger charge is 2.50. The molecule has 3 N–H and O–H groups in total. The second-order valence-electron chi connectivity index (χ2n) is 7.97. The molecule has 1 fully saturated rings. The Kier molecular flexibility index (Phi) is 5.44. The van der Waals surface area contributed by atoms with Gasteiger partial charge in [0.15, 0.2) is 5.54 Å². The van der Waals surface area contributed by atoms with E-state index in [1.807, 2.05) is 25.1 Å². The molecule has 1 saturated heterocycles. The highest BCUT2D eigenvalue weighted by atomic mass is 16.2. The van der Waals surface area contributed by atoms with Crippen molar-refractivity contribution in [3.63, 3.8) is 0 Å². The Hall–Kier alpha value is -3.35. The van der Waals surface area contributed by atoms with Crippen LogP contribution < -0.4 is 16.0 Å². The lowest BCUT2D eigenvalue weighted by Gasteiger charge is -2.33. The number of likely N-dealkylation sites (tertiary alicyclic amines) is 1. The van der Waals surface area contributed by atoms with Crippen LogP contribution >= 0.6 is 0 Å². The van der Waals surface area contributed by atoms with Crippen molar-refractivity contribution in [1.82, 2.24) is 10.2 Å². The van der Waals surface area contributed by atoms with Gasteiger partial charge in [-0.1, -0.05) is 35.9 Å². The molecule has 0 radical (unpaired) electrons. The van der Waals surface area contributed by atoms with Crippen LogP contribution in [0, 0.1) is 6.92 Å². The van der Waals surface area contributed by atoms with E-state index in [4.69, 9.17) is 0 Å². The number of anilines is 2. The predicted molar refractivity (Wildman–Crippen MR) is 115 cm³/mol. The highest BCUT2D eigenvalue weighted by Crippen LogP contribution is 2.39. The number of rotatable bonds is 4. The summed E-state index contributed by atoms with van der Waals surface area (Å²) >= 11 is 0. The molecule has 1 atom stereocenters. The Morgan fingerprint density at radius 2 is 1.73 bits per heavy atom. The second kappa shape index (κ2) is 8.18. The molecule has 2 aromatic carbocycles. The molecular formula is C23H26N4O3. The molecule has 0 aromatic heterocycles. The van der Waals surface area contributed by atoms with E-state index < -0.39 is 17.5 Å². The minimum atomic E-state index is -1.44. The lowest BCUT2D eigenvalue weighted by atomic mass is 9.87. The number of hydrogen-bond acceptors (Lipinski definition) is 3. The normalized spacial score (nSPS) is 20.3. The van der Waals surface area contributed by atoms with Crippen LogP contribution in [0.2, 0.25) is 0 Å². The summed E-state index contributed by atoms with van der Waals surface area (Å²) in [7, 11) is 0. The Morgan fingerprint density at radius 3 is 2.47 bits per heavy atom. The Labute approximate surface area is 175 Å². The lowest BCUT2D eigenvalue weighted by Crippen LogP contribution is -2.55. The summed E-state index contributed by atoms with van der Waals surface area (Å²) in [6.45, 7) is 3.34. The largest absolute Gasteiger partial charge is 0.343 e. The maximum atomic E-state index is 13.1. The SMILES string of the molecule is Cc1ccc(NC(=O)N[C@]2(CC(=O)N3CCCCC3)C(=O)Nc3ccccc32)cc1. The van der Waals surface area contributed by atoms with Crippen LogP contribution in [-0.2, 0) is 15.1 Å². The Bertz CT molecular complexity index is 967. The monoisotopic (exact) mass is 406 g/mol. The summed E-state index contributed by atoms with van der Waals surface area (Å²) < 4.78 is 0. The first kappa shape index (κ1) is 19.9. The number of amides is 4. The van der Waals surface area contributed by atoms with Gasteiger partial charge in [-0.05, 0) is 44.4 Å². The third kappa shape index (κ3) is 3.87. The molecule has 7 nitrogen and oxygen atoms in total.